The third-order valence-electron chi connectivity index (χ3n) is 7.02. The highest BCUT2D eigenvalue weighted by Crippen LogP contribution is 2.35. The number of anilines is 2. The SMILES string of the molecule is COc1cc(F)c(-c2cc(CN3NCc4cncnc43)c(N3CCC[C@](N)([C@H](O)C(F)F)C3)cn2)cc1F. The van der Waals surface area contributed by atoms with Gasteiger partial charge in [0.25, 0.3) is 6.43 Å². The fourth-order valence-electron chi connectivity index (χ4n) is 5.02. The van der Waals surface area contributed by atoms with E-state index in [-0.39, 0.29) is 36.5 Å². The highest BCUT2D eigenvalue weighted by molar-refractivity contribution is 5.67. The van der Waals surface area contributed by atoms with Crippen molar-refractivity contribution in [3.8, 4) is 17.0 Å². The van der Waals surface area contributed by atoms with Gasteiger partial charge in [-0.2, -0.15) is 0 Å². The lowest BCUT2D eigenvalue weighted by Crippen LogP contribution is -2.63. The summed E-state index contributed by atoms with van der Waals surface area (Å²) in [5, 5.41) is 11.9. The lowest BCUT2D eigenvalue weighted by molar-refractivity contribution is -0.0529. The Morgan fingerprint density at radius 1 is 1.18 bits per heavy atom. The second-order valence-corrected chi connectivity index (χ2v) is 9.50. The van der Waals surface area contributed by atoms with E-state index in [9.17, 15) is 22.7 Å². The Bertz CT molecular complexity index is 1330. The first kappa shape index (κ1) is 26.1. The number of alkyl halides is 2. The molecule has 13 heteroatoms. The van der Waals surface area contributed by atoms with E-state index in [1.54, 1.807) is 22.2 Å². The van der Waals surface area contributed by atoms with E-state index in [2.05, 4.69) is 20.4 Å². The molecule has 2 aliphatic rings. The van der Waals surface area contributed by atoms with Crippen LogP contribution in [0, 0.1) is 11.6 Å². The Hall–Kier alpha value is -3.55. The number of benzene rings is 1. The van der Waals surface area contributed by atoms with Gasteiger partial charge < -0.3 is 20.5 Å². The van der Waals surface area contributed by atoms with Gasteiger partial charge in [-0.05, 0) is 25.0 Å². The fourth-order valence-corrected chi connectivity index (χ4v) is 5.02. The van der Waals surface area contributed by atoms with Gasteiger partial charge in [0.2, 0.25) is 0 Å². The standard InChI is InChI=1S/C25H27F4N7O2/c1-38-21-7-17(26)16(6-18(21)27)19-5-14(11-36-24-15(9-34-36)8-31-13-33-24)20(10-32-19)35-4-2-3-25(30,12-35)22(37)23(28)29/h5-8,10,13,22-23,34,37H,2-4,9,11-12,30H2,1H3/t22-,25-/m1/s1. The van der Waals surface area contributed by atoms with Crippen molar-refractivity contribution >= 4 is 11.5 Å². The Kier molecular flexibility index (Phi) is 7.07. The molecule has 0 unspecified atom stereocenters. The zero-order valence-electron chi connectivity index (χ0n) is 20.5. The summed E-state index contributed by atoms with van der Waals surface area (Å²) in [5.74, 6) is -1.03. The Balaban J connectivity index is 1.55. The van der Waals surface area contributed by atoms with Crippen molar-refractivity contribution in [1.82, 2.24) is 20.4 Å². The number of aromatic nitrogens is 3. The van der Waals surface area contributed by atoms with E-state index in [1.165, 1.54) is 19.6 Å². The van der Waals surface area contributed by atoms with Crippen LogP contribution in [0.3, 0.4) is 0 Å². The monoisotopic (exact) mass is 533 g/mol. The summed E-state index contributed by atoms with van der Waals surface area (Å²) in [7, 11) is 1.24. The minimum Gasteiger partial charge on any atom is -0.494 e. The van der Waals surface area contributed by atoms with Gasteiger partial charge in [0.05, 0.1) is 36.8 Å². The Labute approximate surface area is 216 Å². The molecule has 38 heavy (non-hydrogen) atoms. The quantitative estimate of drug-likeness (QED) is 0.395. The molecule has 0 spiro atoms. The summed E-state index contributed by atoms with van der Waals surface area (Å²) >= 11 is 0. The van der Waals surface area contributed by atoms with E-state index in [4.69, 9.17) is 10.5 Å². The van der Waals surface area contributed by atoms with Gasteiger partial charge in [0.15, 0.2) is 17.4 Å². The molecule has 1 aromatic carbocycles. The summed E-state index contributed by atoms with van der Waals surface area (Å²) in [6, 6.07) is 3.59. The zero-order valence-corrected chi connectivity index (χ0v) is 20.5. The van der Waals surface area contributed by atoms with Crippen LogP contribution < -0.4 is 25.8 Å². The van der Waals surface area contributed by atoms with Crippen molar-refractivity contribution in [3.63, 3.8) is 0 Å². The summed E-state index contributed by atoms with van der Waals surface area (Å²) in [5.41, 5.74) is 10.2. The molecule has 0 saturated carbocycles. The van der Waals surface area contributed by atoms with Crippen molar-refractivity contribution in [1.29, 1.82) is 0 Å². The molecule has 2 aromatic heterocycles. The van der Waals surface area contributed by atoms with E-state index < -0.39 is 29.7 Å². The third kappa shape index (κ3) is 4.84. The van der Waals surface area contributed by atoms with Crippen LogP contribution in [0.15, 0.2) is 36.9 Å². The molecule has 1 fully saturated rings. The van der Waals surface area contributed by atoms with Crippen LogP contribution in [-0.2, 0) is 13.1 Å². The van der Waals surface area contributed by atoms with Gasteiger partial charge in [-0.3, -0.25) is 9.99 Å². The second kappa shape index (κ2) is 10.3. The van der Waals surface area contributed by atoms with Gasteiger partial charge in [-0.15, -0.1) is 0 Å². The number of hydrazine groups is 1. The number of aliphatic hydroxyl groups excluding tert-OH is 1. The molecule has 1 saturated heterocycles. The van der Waals surface area contributed by atoms with Crippen LogP contribution in [0.4, 0.5) is 29.1 Å². The number of halogens is 4. The molecule has 0 aliphatic carbocycles. The molecule has 2 aliphatic heterocycles. The van der Waals surface area contributed by atoms with Crippen LogP contribution in [0.25, 0.3) is 11.3 Å². The number of nitrogens with one attached hydrogen (secondary N) is 1. The van der Waals surface area contributed by atoms with Gasteiger partial charge in [-0.25, -0.2) is 33.0 Å². The van der Waals surface area contributed by atoms with E-state index in [0.29, 0.717) is 36.6 Å². The number of methoxy groups -OCH3 is 1. The van der Waals surface area contributed by atoms with Crippen LogP contribution in [0.1, 0.15) is 24.0 Å². The third-order valence-corrected chi connectivity index (χ3v) is 7.02. The molecule has 5 rings (SSSR count). The molecule has 3 aromatic rings. The van der Waals surface area contributed by atoms with Crippen molar-refractivity contribution < 1.29 is 27.4 Å². The minimum absolute atomic E-state index is 0.0375. The fraction of sp³-hybridized carbons (Fsp3) is 0.400. The molecule has 0 amide bonds. The first-order valence-electron chi connectivity index (χ1n) is 12.0. The summed E-state index contributed by atoms with van der Waals surface area (Å²) in [4.78, 5) is 14.6. The van der Waals surface area contributed by atoms with Gasteiger partial charge in [-0.1, -0.05) is 0 Å². The first-order valence-corrected chi connectivity index (χ1v) is 12.0. The number of piperidine rings is 1. The van der Waals surface area contributed by atoms with Crippen molar-refractivity contribution in [2.75, 3.05) is 30.1 Å². The maximum atomic E-state index is 14.9. The van der Waals surface area contributed by atoms with Crippen molar-refractivity contribution in [2.24, 2.45) is 5.73 Å². The number of nitrogens with zero attached hydrogens (tertiary/aromatic N) is 5. The van der Waals surface area contributed by atoms with Crippen LogP contribution in [-0.4, -0.2) is 58.3 Å². The molecule has 0 radical (unpaired) electrons. The molecule has 4 N–H and O–H groups in total. The number of nitrogens with two attached hydrogens (primary N) is 1. The smallest absolute Gasteiger partial charge is 0.265 e. The molecular formula is C25H27F4N7O2. The molecule has 9 nitrogen and oxygen atoms in total. The Morgan fingerprint density at radius 3 is 2.76 bits per heavy atom. The topological polar surface area (TPSA) is 113 Å². The van der Waals surface area contributed by atoms with Crippen molar-refractivity contribution in [2.45, 2.75) is 44.0 Å². The summed E-state index contributed by atoms with van der Waals surface area (Å²) < 4.78 is 61.0. The highest BCUT2D eigenvalue weighted by Gasteiger charge is 2.43. The number of hydrogen-bond donors (Lipinski definition) is 3. The summed E-state index contributed by atoms with van der Waals surface area (Å²) in [6.45, 7) is 1.18. The van der Waals surface area contributed by atoms with Crippen LogP contribution in [0.5, 0.6) is 5.75 Å². The van der Waals surface area contributed by atoms with Gasteiger partial charge in [0, 0.05) is 48.6 Å². The molecule has 4 heterocycles. The van der Waals surface area contributed by atoms with E-state index in [0.717, 1.165) is 17.7 Å². The van der Waals surface area contributed by atoms with Gasteiger partial charge in [0.1, 0.15) is 18.2 Å². The number of pyridine rings is 1. The zero-order chi connectivity index (χ0) is 27.0. The van der Waals surface area contributed by atoms with Crippen LogP contribution in [0.2, 0.25) is 0 Å². The van der Waals surface area contributed by atoms with Crippen LogP contribution >= 0.6 is 0 Å². The number of fused-ring (bicyclic) bond motifs is 1. The number of hydrogen-bond acceptors (Lipinski definition) is 9. The molecule has 0 bridgehead atoms. The first-order chi connectivity index (χ1) is 18.2. The number of rotatable bonds is 7. The largest absolute Gasteiger partial charge is 0.494 e. The van der Waals surface area contributed by atoms with Gasteiger partial charge >= 0.3 is 0 Å². The van der Waals surface area contributed by atoms with E-state index >= 15 is 0 Å². The molecule has 202 valence electrons. The normalized spacial score (nSPS) is 20.1. The maximum absolute atomic E-state index is 14.9. The average molecular weight is 534 g/mol. The number of ether oxygens (including phenoxy) is 1. The molecule has 2 atom stereocenters. The second-order valence-electron chi connectivity index (χ2n) is 9.50. The maximum Gasteiger partial charge on any atom is 0.265 e. The van der Waals surface area contributed by atoms with Crippen molar-refractivity contribution in [3.05, 3.63) is 59.7 Å². The van der Waals surface area contributed by atoms with E-state index in [1.807, 2.05) is 0 Å². The predicted octanol–water partition coefficient (Wildman–Crippen LogP) is 2.77. The number of aliphatic hydroxyl groups is 1. The molecular weight excluding hydrogens is 506 g/mol. The Morgan fingerprint density at radius 2 is 2.00 bits per heavy atom. The lowest BCUT2D eigenvalue weighted by atomic mass is 9.84. The average Bonchev–Trinajstić information content (AvgIpc) is 3.32. The predicted molar refractivity (Wildman–Crippen MR) is 132 cm³/mol. The summed E-state index contributed by atoms with van der Waals surface area (Å²) in [6.07, 6.45) is 0.319. The highest BCUT2D eigenvalue weighted by atomic mass is 19.3. The lowest BCUT2D eigenvalue weighted by Gasteiger charge is -2.44. The minimum atomic E-state index is -2.99.